The topological polar surface area (TPSA) is 67.9 Å². The van der Waals surface area contributed by atoms with Gasteiger partial charge < -0.3 is 14.6 Å². The van der Waals surface area contributed by atoms with Crippen LogP contribution in [0.2, 0.25) is 0 Å². The zero-order chi connectivity index (χ0) is 15.0. The van der Waals surface area contributed by atoms with Crippen molar-refractivity contribution in [3.05, 3.63) is 47.4 Å². The Kier molecular flexibility index (Phi) is 3.05. The highest BCUT2D eigenvalue weighted by Crippen LogP contribution is 2.25. The minimum atomic E-state index is -0.488. The van der Waals surface area contributed by atoms with E-state index >= 15 is 0 Å². The lowest BCUT2D eigenvalue weighted by Crippen LogP contribution is -2.29. The summed E-state index contributed by atoms with van der Waals surface area (Å²) in [5, 5.41) is 12.9. The third-order valence-electron chi connectivity index (χ3n) is 3.17. The number of nitrogens with one attached hydrogen (secondary N) is 1. The number of rotatable bonds is 2. The normalized spacial score (nSPS) is 13.0. The van der Waals surface area contributed by atoms with Gasteiger partial charge in [-0.1, -0.05) is 18.2 Å². The van der Waals surface area contributed by atoms with Gasteiger partial charge in [0.1, 0.15) is 11.3 Å². The smallest absolute Gasteiger partial charge is 0.202 e. The molecule has 0 saturated heterocycles. The molecule has 0 aliphatic rings. The van der Waals surface area contributed by atoms with Gasteiger partial charge in [-0.25, -0.2) is 9.72 Å². The highest BCUT2D eigenvalue weighted by atomic mass is 16.5. The van der Waals surface area contributed by atoms with Crippen LogP contribution >= 0.6 is 0 Å². The lowest BCUT2D eigenvalue weighted by molar-refractivity contribution is -0.530. The Hall–Kier alpha value is -2.56. The first-order valence-electron chi connectivity index (χ1n) is 6.79. The number of nitrogens with zero attached hydrogens (tertiary/aromatic N) is 2. The first-order chi connectivity index (χ1) is 9.93. The number of aromatic nitrogens is 2. The number of H-pyrrole nitrogens is 1. The van der Waals surface area contributed by atoms with Crippen LogP contribution in [0.1, 0.15) is 26.5 Å². The average molecular weight is 283 g/mol. The molecule has 2 aromatic heterocycles. The van der Waals surface area contributed by atoms with E-state index in [0.717, 1.165) is 15.7 Å². The fourth-order valence-electron chi connectivity index (χ4n) is 1.94. The van der Waals surface area contributed by atoms with Crippen LogP contribution in [-0.2, 0) is 0 Å². The van der Waals surface area contributed by atoms with Crippen LogP contribution < -0.4 is 0 Å². The minimum absolute atomic E-state index is 0.488. The van der Waals surface area contributed by atoms with E-state index in [1.807, 2.05) is 51.1 Å². The van der Waals surface area contributed by atoms with Gasteiger partial charge in [0.15, 0.2) is 17.1 Å². The molecule has 0 unspecified atom stereocenters. The Morgan fingerprint density at radius 3 is 2.76 bits per heavy atom. The van der Waals surface area contributed by atoms with Gasteiger partial charge in [-0.3, -0.25) is 0 Å². The summed E-state index contributed by atoms with van der Waals surface area (Å²) >= 11 is 0. The predicted octanol–water partition coefficient (Wildman–Crippen LogP) is 3.55. The monoisotopic (exact) mass is 283 g/mol. The molecule has 5 heteroatoms. The molecule has 108 valence electrons. The molecule has 2 heterocycles. The second kappa shape index (κ2) is 4.77. The SMILES string of the molecule is CC(C)(C)/[N+]([O-])=C/c1c[nH]c(-c2cc3ccccc3o2)n1. The van der Waals surface area contributed by atoms with Gasteiger partial charge >= 0.3 is 0 Å². The third-order valence-corrected chi connectivity index (χ3v) is 3.17. The summed E-state index contributed by atoms with van der Waals surface area (Å²) in [6, 6.07) is 9.71. The first-order valence-corrected chi connectivity index (χ1v) is 6.79. The highest BCUT2D eigenvalue weighted by Gasteiger charge is 2.19. The van der Waals surface area contributed by atoms with Crippen LogP contribution in [0.25, 0.3) is 22.6 Å². The van der Waals surface area contributed by atoms with Crippen LogP contribution in [0.4, 0.5) is 0 Å². The number of furan rings is 1. The Morgan fingerprint density at radius 2 is 2.05 bits per heavy atom. The van der Waals surface area contributed by atoms with E-state index in [1.165, 1.54) is 6.21 Å². The summed E-state index contributed by atoms with van der Waals surface area (Å²) in [5.74, 6) is 1.27. The molecule has 1 aromatic carbocycles. The minimum Gasteiger partial charge on any atom is -0.623 e. The second-order valence-corrected chi connectivity index (χ2v) is 5.95. The van der Waals surface area contributed by atoms with E-state index in [1.54, 1.807) is 6.20 Å². The number of benzene rings is 1. The van der Waals surface area contributed by atoms with Crippen LogP contribution in [0, 0.1) is 5.21 Å². The van der Waals surface area contributed by atoms with Crippen LogP contribution in [0.3, 0.4) is 0 Å². The van der Waals surface area contributed by atoms with Crippen molar-refractivity contribution in [1.29, 1.82) is 0 Å². The van der Waals surface area contributed by atoms with E-state index < -0.39 is 5.54 Å². The van der Waals surface area contributed by atoms with Crippen molar-refractivity contribution >= 4 is 17.2 Å². The standard InChI is InChI=1S/C16H17N3O2/c1-16(2,3)19(20)10-12-9-17-15(18-12)14-8-11-6-4-5-7-13(11)21-14/h4-10H,1-3H3,(H,17,18)/b19-10-. The highest BCUT2D eigenvalue weighted by molar-refractivity contribution is 5.82. The van der Waals surface area contributed by atoms with Gasteiger partial charge in [-0.15, -0.1) is 0 Å². The van der Waals surface area contributed by atoms with Crippen molar-refractivity contribution in [2.24, 2.45) is 0 Å². The molecule has 0 bridgehead atoms. The fraction of sp³-hybridized carbons (Fsp3) is 0.250. The Morgan fingerprint density at radius 1 is 1.29 bits per heavy atom. The van der Waals surface area contributed by atoms with E-state index in [2.05, 4.69) is 9.97 Å². The number of aromatic amines is 1. The van der Waals surface area contributed by atoms with Gasteiger partial charge in [-0.2, -0.15) is 0 Å². The molecular weight excluding hydrogens is 266 g/mol. The van der Waals surface area contributed by atoms with Gasteiger partial charge in [0.2, 0.25) is 6.21 Å². The van der Waals surface area contributed by atoms with Crippen LogP contribution in [0.15, 0.2) is 40.9 Å². The van der Waals surface area contributed by atoms with Crippen molar-refractivity contribution in [2.45, 2.75) is 26.3 Å². The summed E-state index contributed by atoms with van der Waals surface area (Å²) in [4.78, 5) is 7.42. The molecule has 0 saturated carbocycles. The molecule has 21 heavy (non-hydrogen) atoms. The molecule has 5 nitrogen and oxygen atoms in total. The van der Waals surface area contributed by atoms with Gasteiger partial charge in [-0.05, 0) is 12.1 Å². The molecule has 0 aliphatic carbocycles. The van der Waals surface area contributed by atoms with Crippen molar-refractivity contribution in [1.82, 2.24) is 9.97 Å². The van der Waals surface area contributed by atoms with Crippen LogP contribution in [0.5, 0.6) is 0 Å². The van der Waals surface area contributed by atoms with Gasteiger partial charge in [0, 0.05) is 32.4 Å². The number of fused-ring (bicyclic) bond motifs is 1. The van der Waals surface area contributed by atoms with Crippen molar-refractivity contribution in [3.63, 3.8) is 0 Å². The molecule has 3 rings (SSSR count). The molecule has 0 radical (unpaired) electrons. The van der Waals surface area contributed by atoms with Crippen molar-refractivity contribution in [3.8, 4) is 11.6 Å². The summed E-state index contributed by atoms with van der Waals surface area (Å²) < 4.78 is 6.63. The maximum absolute atomic E-state index is 11.9. The molecule has 3 aromatic rings. The van der Waals surface area contributed by atoms with Crippen LogP contribution in [-0.4, -0.2) is 26.5 Å². The lowest BCUT2D eigenvalue weighted by atomic mass is 10.1. The molecule has 0 aliphatic heterocycles. The number of imidazole rings is 1. The zero-order valence-electron chi connectivity index (χ0n) is 12.3. The van der Waals surface area contributed by atoms with E-state index in [0.29, 0.717) is 17.3 Å². The summed E-state index contributed by atoms with van der Waals surface area (Å²) in [7, 11) is 0. The Labute approximate surface area is 122 Å². The molecule has 0 fully saturated rings. The Bertz CT molecular complexity index is 773. The first kappa shape index (κ1) is 13.4. The van der Waals surface area contributed by atoms with E-state index in [4.69, 9.17) is 4.42 Å². The maximum atomic E-state index is 11.9. The number of hydrogen-bond acceptors (Lipinski definition) is 3. The second-order valence-electron chi connectivity index (χ2n) is 5.95. The van der Waals surface area contributed by atoms with Gasteiger partial charge in [0.25, 0.3) is 0 Å². The Balaban J connectivity index is 1.95. The van der Waals surface area contributed by atoms with E-state index in [9.17, 15) is 5.21 Å². The number of hydrogen-bond donors (Lipinski definition) is 1. The predicted molar refractivity (Wildman–Crippen MR) is 82.3 cm³/mol. The summed E-state index contributed by atoms with van der Waals surface area (Å²) in [6.45, 7) is 5.55. The third kappa shape index (κ3) is 2.67. The average Bonchev–Trinajstić information content (AvgIpc) is 3.02. The van der Waals surface area contributed by atoms with E-state index in [-0.39, 0.29) is 0 Å². The molecule has 1 N–H and O–H groups in total. The molecule has 0 atom stereocenters. The maximum Gasteiger partial charge on any atom is 0.202 e. The quantitative estimate of drug-likeness (QED) is 0.338. The summed E-state index contributed by atoms with van der Waals surface area (Å²) in [6.07, 6.45) is 3.17. The lowest BCUT2D eigenvalue weighted by Gasteiger charge is -2.17. The van der Waals surface area contributed by atoms with Gasteiger partial charge in [0.05, 0.1) is 0 Å². The number of para-hydroxylation sites is 1. The zero-order valence-corrected chi connectivity index (χ0v) is 12.3. The van der Waals surface area contributed by atoms with Crippen molar-refractivity contribution < 1.29 is 9.16 Å². The summed E-state index contributed by atoms with van der Waals surface area (Å²) in [5.41, 5.74) is 0.906. The molecule has 0 spiro atoms. The molecular formula is C16H17N3O2. The van der Waals surface area contributed by atoms with Crippen molar-refractivity contribution in [2.75, 3.05) is 0 Å². The fourth-order valence-corrected chi connectivity index (χ4v) is 1.94. The number of hydroxylamine groups is 1. The largest absolute Gasteiger partial charge is 0.623 e. The molecule has 0 amide bonds.